The summed E-state index contributed by atoms with van der Waals surface area (Å²) in [4.78, 5) is 4.05. The number of aryl methyl sites for hydroxylation is 1. The van der Waals surface area contributed by atoms with E-state index in [0.29, 0.717) is 16.6 Å². The highest BCUT2D eigenvalue weighted by atomic mass is 79.9. The first kappa shape index (κ1) is 10.4. The third kappa shape index (κ3) is 2.30. The fraction of sp³-hybridized carbons (Fsp3) is 0.100. The third-order valence-corrected chi connectivity index (χ3v) is 2.97. The zero-order valence-corrected chi connectivity index (χ0v) is 10.4. The molecule has 0 saturated carbocycles. The number of ether oxygens (including phenoxy) is 1. The molecular weight excluding hydrogens is 276 g/mol. The molecule has 2 N–H and O–H groups in total. The van der Waals surface area contributed by atoms with E-state index in [9.17, 15) is 0 Å². The average molecular weight is 285 g/mol. The zero-order valence-electron chi connectivity index (χ0n) is 8.03. The van der Waals surface area contributed by atoms with Crippen LogP contribution in [-0.2, 0) is 0 Å². The molecule has 0 aliphatic carbocycles. The summed E-state index contributed by atoms with van der Waals surface area (Å²) in [7, 11) is 0. The minimum Gasteiger partial charge on any atom is -0.428 e. The Kier molecular flexibility index (Phi) is 2.93. The topological polar surface area (TPSA) is 48.1 Å². The van der Waals surface area contributed by atoms with Crippen LogP contribution in [0.25, 0.3) is 0 Å². The molecule has 0 aliphatic heterocycles. The highest BCUT2D eigenvalue weighted by Crippen LogP contribution is 2.34. The third-order valence-electron chi connectivity index (χ3n) is 1.87. The maximum atomic E-state index is 5.86. The lowest BCUT2D eigenvalue weighted by atomic mass is 10.2. The molecule has 0 unspecified atom stereocenters. The molecule has 1 aromatic carbocycles. The van der Waals surface area contributed by atoms with Crippen molar-refractivity contribution >= 4 is 33.0 Å². The van der Waals surface area contributed by atoms with Gasteiger partial charge in [-0.3, -0.25) is 0 Å². The molecule has 1 aromatic heterocycles. The fourth-order valence-electron chi connectivity index (χ4n) is 1.24. The molecular formula is C10H9BrN2OS. The number of nitrogens with zero attached hydrogens (tertiary/aromatic N) is 1. The molecule has 15 heavy (non-hydrogen) atoms. The zero-order chi connectivity index (χ0) is 10.8. The predicted octanol–water partition coefficient (Wildman–Crippen LogP) is 3.59. The van der Waals surface area contributed by atoms with E-state index in [2.05, 4.69) is 20.9 Å². The molecule has 0 fully saturated rings. The number of halogens is 1. The first-order valence-electron chi connectivity index (χ1n) is 4.30. The van der Waals surface area contributed by atoms with E-state index in [0.717, 1.165) is 10.0 Å². The van der Waals surface area contributed by atoms with Crippen molar-refractivity contribution in [3.8, 4) is 10.9 Å². The van der Waals surface area contributed by atoms with Crippen LogP contribution in [0.4, 0.5) is 5.69 Å². The normalized spacial score (nSPS) is 10.3. The molecule has 0 bridgehead atoms. The van der Waals surface area contributed by atoms with Crippen LogP contribution in [-0.4, -0.2) is 4.98 Å². The van der Waals surface area contributed by atoms with Crippen LogP contribution < -0.4 is 10.5 Å². The standard InChI is InChI=1S/C10H9BrN2OS/c1-6-4-7(11)5-8(12)9(6)14-10-13-2-3-15-10/h2-5H,12H2,1H3. The number of benzene rings is 1. The second-order valence-electron chi connectivity index (χ2n) is 3.04. The van der Waals surface area contributed by atoms with Gasteiger partial charge in [0.15, 0.2) is 5.75 Å². The molecule has 1 heterocycles. The van der Waals surface area contributed by atoms with Crippen molar-refractivity contribution < 1.29 is 4.74 Å². The monoisotopic (exact) mass is 284 g/mol. The van der Waals surface area contributed by atoms with Gasteiger partial charge in [-0.2, -0.15) is 0 Å². The number of aromatic nitrogens is 1. The lowest BCUT2D eigenvalue weighted by Crippen LogP contribution is -1.94. The van der Waals surface area contributed by atoms with E-state index in [4.69, 9.17) is 10.5 Å². The molecule has 2 rings (SSSR count). The molecule has 0 saturated heterocycles. The van der Waals surface area contributed by atoms with Crippen LogP contribution in [0.15, 0.2) is 28.2 Å². The van der Waals surface area contributed by atoms with Crippen LogP contribution in [0, 0.1) is 6.92 Å². The minimum absolute atomic E-state index is 0.604. The van der Waals surface area contributed by atoms with Gasteiger partial charge in [0.2, 0.25) is 0 Å². The average Bonchev–Trinajstić information content (AvgIpc) is 2.63. The summed E-state index contributed by atoms with van der Waals surface area (Å²) < 4.78 is 6.54. The Labute approximate surface area is 100 Å². The van der Waals surface area contributed by atoms with Gasteiger partial charge in [-0.05, 0) is 24.6 Å². The molecule has 0 aliphatic rings. The van der Waals surface area contributed by atoms with Gasteiger partial charge in [0.1, 0.15) is 0 Å². The summed E-state index contributed by atoms with van der Waals surface area (Å²) in [6, 6.07) is 3.77. The van der Waals surface area contributed by atoms with Gasteiger partial charge in [-0.15, -0.1) is 0 Å². The van der Waals surface area contributed by atoms with Gasteiger partial charge in [0, 0.05) is 16.0 Å². The van der Waals surface area contributed by atoms with E-state index in [1.807, 2.05) is 24.4 Å². The van der Waals surface area contributed by atoms with E-state index in [1.54, 1.807) is 6.20 Å². The summed E-state index contributed by atoms with van der Waals surface area (Å²) in [6.07, 6.45) is 1.70. The number of hydrogen-bond acceptors (Lipinski definition) is 4. The highest BCUT2D eigenvalue weighted by molar-refractivity contribution is 9.10. The van der Waals surface area contributed by atoms with Crippen LogP contribution in [0.2, 0.25) is 0 Å². The van der Waals surface area contributed by atoms with E-state index in [1.165, 1.54) is 11.3 Å². The van der Waals surface area contributed by atoms with Crippen molar-refractivity contribution in [2.24, 2.45) is 0 Å². The van der Waals surface area contributed by atoms with Gasteiger partial charge < -0.3 is 10.5 Å². The molecule has 5 heteroatoms. The first-order valence-corrected chi connectivity index (χ1v) is 5.97. The Balaban J connectivity index is 2.36. The van der Waals surface area contributed by atoms with E-state index < -0.39 is 0 Å². The summed E-state index contributed by atoms with van der Waals surface area (Å²) >= 11 is 4.82. The summed E-state index contributed by atoms with van der Waals surface area (Å²) in [6.45, 7) is 1.95. The van der Waals surface area contributed by atoms with E-state index in [-0.39, 0.29) is 0 Å². The number of nitrogens with two attached hydrogens (primary N) is 1. The van der Waals surface area contributed by atoms with Crippen LogP contribution >= 0.6 is 27.3 Å². The molecule has 2 aromatic rings. The van der Waals surface area contributed by atoms with Gasteiger partial charge in [-0.1, -0.05) is 27.3 Å². The smallest absolute Gasteiger partial charge is 0.278 e. The second kappa shape index (κ2) is 4.20. The maximum absolute atomic E-state index is 5.86. The van der Waals surface area contributed by atoms with Crippen molar-refractivity contribution in [1.29, 1.82) is 0 Å². The van der Waals surface area contributed by atoms with Crippen molar-refractivity contribution in [2.75, 3.05) is 5.73 Å². The summed E-state index contributed by atoms with van der Waals surface area (Å²) in [5.41, 5.74) is 7.45. The highest BCUT2D eigenvalue weighted by Gasteiger charge is 2.08. The Bertz CT molecular complexity index is 447. The quantitative estimate of drug-likeness (QED) is 0.858. The molecule has 0 spiro atoms. The van der Waals surface area contributed by atoms with Crippen molar-refractivity contribution in [1.82, 2.24) is 4.98 Å². The van der Waals surface area contributed by atoms with Crippen LogP contribution in [0.1, 0.15) is 5.56 Å². The number of thiazole rings is 1. The van der Waals surface area contributed by atoms with Gasteiger partial charge >= 0.3 is 0 Å². The Hall–Kier alpha value is -1.07. The molecule has 0 radical (unpaired) electrons. The Morgan fingerprint density at radius 3 is 2.87 bits per heavy atom. The van der Waals surface area contributed by atoms with Gasteiger partial charge in [0.05, 0.1) is 5.69 Å². The number of hydrogen-bond donors (Lipinski definition) is 1. The van der Waals surface area contributed by atoms with Crippen molar-refractivity contribution in [3.05, 3.63) is 33.7 Å². The minimum atomic E-state index is 0.604. The first-order chi connectivity index (χ1) is 7.16. The largest absolute Gasteiger partial charge is 0.428 e. The van der Waals surface area contributed by atoms with Crippen LogP contribution in [0.3, 0.4) is 0 Å². The second-order valence-corrected chi connectivity index (χ2v) is 4.81. The summed E-state index contributed by atoms with van der Waals surface area (Å²) in [5, 5.41) is 2.46. The SMILES string of the molecule is Cc1cc(Br)cc(N)c1Oc1nccs1. The van der Waals surface area contributed by atoms with Crippen LogP contribution in [0.5, 0.6) is 10.9 Å². The van der Waals surface area contributed by atoms with Crippen molar-refractivity contribution in [3.63, 3.8) is 0 Å². The fourth-order valence-corrected chi connectivity index (χ4v) is 2.32. The Morgan fingerprint density at radius 2 is 2.27 bits per heavy atom. The molecule has 78 valence electrons. The molecule has 0 amide bonds. The Morgan fingerprint density at radius 1 is 1.47 bits per heavy atom. The number of anilines is 1. The van der Waals surface area contributed by atoms with Gasteiger partial charge in [-0.25, -0.2) is 4.98 Å². The number of nitrogen functional groups attached to an aromatic ring is 1. The van der Waals surface area contributed by atoms with E-state index >= 15 is 0 Å². The molecule has 0 atom stereocenters. The molecule has 3 nitrogen and oxygen atoms in total. The van der Waals surface area contributed by atoms with Crippen molar-refractivity contribution in [2.45, 2.75) is 6.92 Å². The lowest BCUT2D eigenvalue weighted by Gasteiger charge is -2.09. The summed E-state index contributed by atoms with van der Waals surface area (Å²) in [5.74, 6) is 0.674. The van der Waals surface area contributed by atoms with Gasteiger partial charge in [0.25, 0.3) is 5.19 Å². The number of rotatable bonds is 2. The predicted molar refractivity (Wildman–Crippen MR) is 65.5 cm³/mol. The maximum Gasteiger partial charge on any atom is 0.278 e. The lowest BCUT2D eigenvalue weighted by molar-refractivity contribution is 0.477.